The third-order valence-corrected chi connectivity index (χ3v) is 8.35. The van der Waals surface area contributed by atoms with Gasteiger partial charge in [-0.15, -0.1) is 0 Å². The lowest BCUT2D eigenvalue weighted by Crippen LogP contribution is -2.54. The minimum Gasteiger partial charge on any atom is -0.369 e. The van der Waals surface area contributed by atoms with Crippen LogP contribution in [-0.2, 0) is 7.05 Å². The van der Waals surface area contributed by atoms with E-state index in [9.17, 15) is 5.11 Å². The zero-order valence-corrected chi connectivity index (χ0v) is 18.5. The molecule has 2 aromatic rings. The van der Waals surface area contributed by atoms with Crippen molar-refractivity contribution in [3.05, 3.63) is 35.6 Å². The van der Waals surface area contributed by atoms with Gasteiger partial charge in [0.15, 0.2) is 6.23 Å². The number of aliphatic hydroxyl groups is 1. The molecule has 0 bridgehead atoms. The van der Waals surface area contributed by atoms with E-state index in [2.05, 4.69) is 16.0 Å². The van der Waals surface area contributed by atoms with Crippen LogP contribution >= 0.6 is 11.8 Å². The van der Waals surface area contributed by atoms with E-state index in [0.29, 0.717) is 11.5 Å². The second-order valence-electron chi connectivity index (χ2n) is 8.87. The molecule has 5 rings (SSSR count). The largest absolute Gasteiger partial charge is 0.369 e. The number of hydrogen-bond donors (Lipinski definition) is 2. The molecule has 1 unspecified atom stereocenters. The van der Waals surface area contributed by atoms with E-state index in [4.69, 9.17) is 10.7 Å². The van der Waals surface area contributed by atoms with Gasteiger partial charge in [0.1, 0.15) is 5.65 Å². The van der Waals surface area contributed by atoms with Gasteiger partial charge in [0.05, 0.1) is 4.91 Å². The van der Waals surface area contributed by atoms with Crippen LogP contribution in [0.15, 0.2) is 45.5 Å². The molecule has 30 heavy (non-hydrogen) atoms. The number of hydrogen-bond acceptors (Lipinski definition) is 7. The van der Waals surface area contributed by atoms with Gasteiger partial charge in [0.25, 0.3) is 0 Å². The van der Waals surface area contributed by atoms with Crippen LogP contribution in [0.2, 0.25) is 0 Å². The molecular weight excluding hydrogens is 396 g/mol. The van der Waals surface area contributed by atoms with Crippen molar-refractivity contribution in [3.8, 4) is 0 Å². The Hall–Kier alpha value is -2.03. The maximum Gasteiger partial charge on any atom is 0.203 e. The quantitative estimate of drug-likeness (QED) is 0.768. The summed E-state index contributed by atoms with van der Waals surface area (Å²) in [6.45, 7) is 1.91. The number of aliphatic imine (C=N–C) groups is 1. The van der Waals surface area contributed by atoms with Crippen LogP contribution < -0.4 is 5.73 Å². The fraction of sp³-hybridized carbons (Fsp3) is 0.545. The third kappa shape index (κ3) is 3.21. The Morgan fingerprint density at radius 2 is 2.00 bits per heavy atom. The number of nitrogens with two attached hydrogens (primary N) is 1. The number of rotatable bonds is 2. The van der Waals surface area contributed by atoms with Crippen LogP contribution in [0.3, 0.4) is 0 Å². The van der Waals surface area contributed by atoms with Crippen molar-refractivity contribution in [1.82, 2.24) is 19.4 Å². The molecule has 0 radical (unpaired) electrons. The van der Waals surface area contributed by atoms with Gasteiger partial charge in [-0.2, -0.15) is 0 Å². The molecule has 1 spiro atoms. The molecule has 2 aromatic heterocycles. The van der Waals surface area contributed by atoms with Gasteiger partial charge >= 0.3 is 0 Å². The van der Waals surface area contributed by atoms with Gasteiger partial charge in [-0.05, 0) is 43.2 Å². The maximum atomic E-state index is 11.0. The third-order valence-electron chi connectivity index (χ3n) is 7.22. The topological polar surface area (TPSA) is 82.9 Å². The Labute approximate surface area is 181 Å². The average Bonchev–Trinajstić information content (AvgIpc) is 3.30. The van der Waals surface area contributed by atoms with E-state index < -0.39 is 6.23 Å². The highest BCUT2D eigenvalue weighted by Gasteiger charge is 2.44. The van der Waals surface area contributed by atoms with Crippen molar-refractivity contribution >= 4 is 28.8 Å². The predicted molar refractivity (Wildman–Crippen MR) is 121 cm³/mol. The fourth-order valence-electron chi connectivity index (χ4n) is 5.26. The van der Waals surface area contributed by atoms with Crippen molar-refractivity contribution in [3.63, 3.8) is 0 Å². The molecule has 2 atom stereocenters. The number of aromatic nitrogens is 2. The highest BCUT2D eigenvalue weighted by atomic mass is 32.2. The Balaban J connectivity index is 1.34. The lowest BCUT2D eigenvalue weighted by atomic mass is 9.74. The van der Waals surface area contributed by atoms with Gasteiger partial charge in [-0.3, -0.25) is 0 Å². The molecule has 3 aliphatic rings. The number of nitrogens with zero attached hydrogens (tertiary/aromatic N) is 5. The first-order valence-corrected chi connectivity index (χ1v) is 11.6. The maximum absolute atomic E-state index is 11.0. The number of fused-ring (bicyclic) bond motifs is 1. The monoisotopic (exact) mass is 426 g/mol. The predicted octanol–water partition coefficient (Wildman–Crippen LogP) is 2.72. The van der Waals surface area contributed by atoms with E-state index >= 15 is 0 Å². The standard InChI is InChI=1S/C22H30N6OS/c1-26-11-6-15-16(5-10-24-19(15)26)30-17-14-25-21(27(2)20(17)29)28-12-8-22(9-13-28)7-3-4-18(22)23/h5-6,10-11,14,18,20,29H,3-4,7-9,12-13,23H2,1-2H3/t18-,20?/m1/s1. The van der Waals surface area contributed by atoms with E-state index in [1.807, 2.05) is 48.2 Å². The van der Waals surface area contributed by atoms with Gasteiger partial charge < -0.3 is 25.2 Å². The first-order valence-electron chi connectivity index (χ1n) is 10.8. The van der Waals surface area contributed by atoms with Crippen LogP contribution in [0, 0.1) is 5.41 Å². The Morgan fingerprint density at radius 1 is 1.20 bits per heavy atom. The van der Waals surface area contributed by atoms with Crippen LogP contribution in [0.25, 0.3) is 11.0 Å². The summed E-state index contributed by atoms with van der Waals surface area (Å²) in [5.41, 5.74) is 7.69. The minimum atomic E-state index is -0.709. The number of likely N-dealkylation sites (N-methyl/N-ethyl adjacent to an activating group) is 1. The molecule has 160 valence electrons. The summed E-state index contributed by atoms with van der Waals surface area (Å²) in [5.74, 6) is 0.854. The van der Waals surface area contributed by atoms with E-state index in [0.717, 1.165) is 59.1 Å². The summed E-state index contributed by atoms with van der Waals surface area (Å²) >= 11 is 1.56. The average molecular weight is 427 g/mol. The number of aliphatic hydroxyl groups excluding tert-OH is 1. The van der Waals surface area contributed by atoms with Crippen molar-refractivity contribution in [2.24, 2.45) is 23.2 Å². The van der Waals surface area contributed by atoms with Crippen LogP contribution in [0.4, 0.5) is 0 Å². The lowest BCUT2D eigenvalue weighted by molar-refractivity contribution is 0.0802. The van der Waals surface area contributed by atoms with Crippen LogP contribution in [-0.4, -0.2) is 62.8 Å². The first-order chi connectivity index (χ1) is 14.5. The summed E-state index contributed by atoms with van der Waals surface area (Å²) < 4.78 is 2.01. The van der Waals surface area contributed by atoms with Crippen LogP contribution in [0.1, 0.15) is 32.1 Å². The number of thioether (sulfide) groups is 1. The Bertz CT molecular complexity index is 1010. The molecule has 2 fully saturated rings. The minimum absolute atomic E-state index is 0.322. The highest BCUT2D eigenvalue weighted by molar-refractivity contribution is 8.03. The lowest BCUT2D eigenvalue weighted by Gasteiger charge is -2.45. The second-order valence-corrected chi connectivity index (χ2v) is 9.98. The van der Waals surface area contributed by atoms with E-state index in [1.165, 1.54) is 12.8 Å². The van der Waals surface area contributed by atoms with Gasteiger partial charge in [-0.1, -0.05) is 18.2 Å². The zero-order valence-electron chi connectivity index (χ0n) is 17.7. The summed E-state index contributed by atoms with van der Waals surface area (Å²) in [6, 6.07) is 4.40. The number of piperidine rings is 1. The normalized spacial score (nSPS) is 26.4. The number of guanidine groups is 1. The number of aryl methyl sites for hydroxylation is 1. The fourth-order valence-corrected chi connectivity index (χ4v) is 6.28. The molecule has 4 heterocycles. The molecule has 3 N–H and O–H groups in total. The smallest absolute Gasteiger partial charge is 0.203 e. The Morgan fingerprint density at radius 3 is 2.73 bits per heavy atom. The molecule has 1 saturated carbocycles. The molecule has 1 aliphatic carbocycles. The SMILES string of the molecule is CN1C(N2CCC3(CCC[C@H]3N)CC2)=NC=C(Sc2ccnc3c2ccn3C)C1O. The molecular formula is C22H30N6OS. The summed E-state index contributed by atoms with van der Waals surface area (Å²) in [5, 5.41) is 12.1. The molecule has 1 saturated heterocycles. The van der Waals surface area contributed by atoms with Crippen molar-refractivity contribution in [2.45, 2.75) is 49.3 Å². The van der Waals surface area contributed by atoms with E-state index in [1.54, 1.807) is 11.8 Å². The van der Waals surface area contributed by atoms with Gasteiger partial charge in [0.2, 0.25) is 5.96 Å². The van der Waals surface area contributed by atoms with Gasteiger partial charge in [-0.25, -0.2) is 9.98 Å². The number of likely N-dealkylation sites (tertiary alicyclic amines) is 1. The van der Waals surface area contributed by atoms with Crippen molar-refractivity contribution < 1.29 is 5.11 Å². The van der Waals surface area contributed by atoms with Crippen LogP contribution in [0.5, 0.6) is 0 Å². The Kier molecular flexibility index (Phi) is 5.03. The zero-order chi connectivity index (χ0) is 20.9. The molecule has 2 aliphatic heterocycles. The highest BCUT2D eigenvalue weighted by Crippen LogP contribution is 2.45. The summed E-state index contributed by atoms with van der Waals surface area (Å²) in [6.07, 6.45) is 10.8. The van der Waals surface area contributed by atoms with Gasteiger partial charge in [0, 0.05) is 62.1 Å². The molecule has 0 amide bonds. The summed E-state index contributed by atoms with van der Waals surface area (Å²) in [7, 11) is 3.91. The van der Waals surface area contributed by atoms with Crippen molar-refractivity contribution in [1.29, 1.82) is 0 Å². The summed E-state index contributed by atoms with van der Waals surface area (Å²) in [4.78, 5) is 15.3. The molecule has 0 aromatic carbocycles. The molecule has 7 nitrogen and oxygen atoms in total. The second kappa shape index (κ2) is 7.59. The molecule has 8 heteroatoms. The van der Waals surface area contributed by atoms with E-state index in [-0.39, 0.29) is 0 Å². The number of pyridine rings is 1. The first kappa shape index (κ1) is 19.9. The van der Waals surface area contributed by atoms with Crippen molar-refractivity contribution in [2.75, 3.05) is 20.1 Å².